The lowest BCUT2D eigenvalue weighted by atomic mass is 10.0. The fourth-order valence-electron chi connectivity index (χ4n) is 2.67. The highest BCUT2D eigenvalue weighted by molar-refractivity contribution is 5.94. The molecule has 1 heterocycles. The van der Waals surface area contributed by atoms with Crippen molar-refractivity contribution in [1.82, 2.24) is 5.32 Å². The molecule has 0 atom stereocenters. The van der Waals surface area contributed by atoms with Crippen molar-refractivity contribution < 1.29 is 14.3 Å². The highest BCUT2D eigenvalue weighted by Crippen LogP contribution is 2.27. The zero-order chi connectivity index (χ0) is 16.9. The van der Waals surface area contributed by atoms with Crippen molar-refractivity contribution in [3.05, 3.63) is 29.8 Å². The van der Waals surface area contributed by atoms with Crippen molar-refractivity contribution in [3.8, 4) is 0 Å². The molecule has 0 saturated carbocycles. The van der Waals surface area contributed by atoms with E-state index in [4.69, 9.17) is 4.74 Å². The smallest absolute Gasteiger partial charge is 0.407 e. The molecule has 0 radical (unpaired) electrons. The highest BCUT2D eigenvalue weighted by Gasteiger charge is 2.21. The molecule has 0 fully saturated rings. The SMILES string of the molecule is CC(C)(C)OC(=O)NCCCC(=O)N1CCCc2ccccc21. The number of carbonyl (C=O) groups is 2. The summed E-state index contributed by atoms with van der Waals surface area (Å²) in [5, 5.41) is 2.68. The summed E-state index contributed by atoms with van der Waals surface area (Å²) in [5.41, 5.74) is 1.76. The molecule has 2 amide bonds. The number of alkyl carbamates (subject to hydrolysis) is 1. The van der Waals surface area contributed by atoms with Gasteiger partial charge < -0.3 is 15.0 Å². The Morgan fingerprint density at radius 3 is 2.74 bits per heavy atom. The van der Waals surface area contributed by atoms with Crippen molar-refractivity contribution in [2.75, 3.05) is 18.0 Å². The average Bonchev–Trinajstić information content (AvgIpc) is 2.49. The van der Waals surface area contributed by atoms with Crippen LogP contribution in [0.25, 0.3) is 0 Å². The molecule has 1 aromatic carbocycles. The summed E-state index contributed by atoms with van der Waals surface area (Å²) in [4.78, 5) is 25.8. The van der Waals surface area contributed by atoms with Gasteiger partial charge in [-0.1, -0.05) is 18.2 Å². The molecule has 0 unspecified atom stereocenters. The Morgan fingerprint density at radius 2 is 2.00 bits per heavy atom. The van der Waals surface area contributed by atoms with Crippen LogP contribution in [0, 0.1) is 0 Å². The van der Waals surface area contributed by atoms with Crippen LogP contribution in [0.4, 0.5) is 10.5 Å². The van der Waals surface area contributed by atoms with Crippen molar-refractivity contribution in [2.45, 2.75) is 52.1 Å². The molecule has 0 aromatic heterocycles. The van der Waals surface area contributed by atoms with Gasteiger partial charge >= 0.3 is 6.09 Å². The molecule has 0 aliphatic carbocycles. The van der Waals surface area contributed by atoms with E-state index in [1.807, 2.05) is 43.9 Å². The summed E-state index contributed by atoms with van der Waals surface area (Å²) < 4.78 is 5.16. The number of aryl methyl sites for hydroxylation is 1. The van der Waals surface area contributed by atoms with E-state index in [0.717, 1.165) is 25.1 Å². The number of carbonyl (C=O) groups excluding carboxylic acids is 2. The Bertz CT molecular complexity index is 564. The molecular formula is C18H26N2O3. The van der Waals surface area contributed by atoms with E-state index in [0.29, 0.717) is 19.4 Å². The van der Waals surface area contributed by atoms with Crippen molar-refractivity contribution in [2.24, 2.45) is 0 Å². The van der Waals surface area contributed by atoms with Crippen LogP contribution in [-0.2, 0) is 16.0 Å². The van der Waals surface area contributed by atoms with E-state index in [2.05, 4.69) is 11.4 Å². The Morgan fingerprint density at radius 1 is 1.26 bits per heavy atom. The van der Waals surface area contributed by atoms with Gasteiger partial charge in [-0.25, -0.2) is 4.79 Å². The Balaban J connectivity index is 1.77. The quantitative estimate of drug-likeness (QED) is 0.867. The van der Waals surface area contributed by atoms with Gasteiger partial charge in [0.1, 0.15) is 5.60 Å². The fourth-order valence-corrected chi connectivity index (χ4v) is 2.67. The lowest BCUT2D eigenvalue weighted by Gasteiger charge is -2.29. The molecule has 5 nitrogen and oxygen atoms in total. The summed E-state index contributed by atoms with van der Waals surface area (Å²) >= 11 is 0. The molecule has 1 aromatic rings. The number of fused-ring (bicyclic) bond motifs is 1. The van der Waals surface area contributed by atoms with Crippen LogP contribution < -0.4 is 10.2 Å². The molecule has 23 heavy (non-hydrogen) atoms. The van der Waals surface area contributed by atoms with Gasteiger partial charge in [0.05, 0.1) is 0 Å². The van der Waals surface area contributed by atoms with Gasteiger partial charge in [0.25, 0.3) is 0 Å². The molecule has 0 bridgehead atoms. The normalized spacial score (nSPS) is 14.1. The van der Waals surface area contributed by atoms with E-state index in [9.17, 15) is 9.59 Å². The van der Waals surface area contributed by atoms with Crippen LogP contribution in [0.3, 0.4) is 0 Å². The lowest BCUT2D eigenvalue weighted by Crippen LogP contribution is -2.36. The number of hydrogen-bond acceptors (Lipinski definition) is 3. The summed E-state index contributed by atoms with van der Waals surface area (Å²) in [6.07, 6.45) is 2.62. The lowest BCUT2D eigenvalue weighted by molar-refractivity contribution is -0.118. The minimum atomic E-state index is -0.503. The first-order chi connectivity index (χ1) is 10.9. The maximum Gasteiger partial charge on any atom is 0.407 e. The fraction of sp³-hybridized carbons (Fsp3) is 0.556. The second kappa shape index (κ2) is 7.49. The van der Waals surface area contributed by atoms with E-state index in [1.54, 1.807) is 0 Å². The van der Waals surface area contributed by atoms with E-state index >= 15 is 0 Å². The van der Waals surface area contributed by atoms with Crippen molar-refractivity contribution in [3.63, 3.8) is 0 Å². The molecule has 0 saturated heterocycles. The van der Waals surface area contributed by atoms with Gasteiger partial charge in [0.2, 0.25) is 5.91 Å². The standard InChI is InChI=1S/C18H26N2O3/c1-18(2,3)23-17(22)19-12-6-11-16(21)20-13-7-9-14-8-4-5-10-15(14)20/h4-5,8,10H,6-7,9,11-13H2,1-3H3,(H,19,22). The summed E-state index contributed by atoms with van der Waals surface area (Å²) in [6, 6.07) is 8.07. The first-order valence-electron chi connectivity index (χ1n) is 8.22. The summed E-state index contributed by atoms with van der Waals surface area (Å²) in [5.74, 6) is 0.114. The largest absolute Gasteiger partial charge is 0.444 e. The molecule has 0 spiro atoms. The monoisotopic (exact) mass is 318 g/mol. The molecule has 126 valence electrons. The Labute approximate surface area is 138 Å². The van der Waals surface area contributed by atoms with E-state index in [1.165, 1.54) is 5.56 Å². The van der Waals surface area contributed by atoms with Crippen LogP contribution >= 0.6 is 0 Å². The Kier molecular flexibility index (Phi) is 5.64. The predicted octanol–water partition coefficient (Wildman–Crippen LogP) is 3.27. The average molecular weight is 318 g/mol. The topological polar surface area (TPSA) is 58.6 Å². The molecule has 1 N–H and O–H groups in total. The number of benzene rings is 1. The first-order valence-corrected chi connectivity index (χ1v) is 8.22. The van der Waals surface area contributed by atoms with Crippen LogP contribution in [0.15, 0.2) is 24.3 Å². The summed E-state index contributed by atoms with van der Waals surface area (Å²) in [7, 11) is 0. The number of anilines is 1. The van der Waals surface area contributed by atoms with Gasteiger partial charge in [0.15, 0.2) is 0 Å². The van der Waals surface area contributed by atoms with Crippen molar-refractivity contribution in [1.29, 1.82) is 0 Å². The number of amides is 2. The Hall–Kier alpha value is -2.04. The summed E-state index contributed by atoms with van der Waals surface area (Å²) in [6.45, 7) is 6.68. The number of hydrogen-bond donors (Lipinski definition) is 1. The molecule has 2 rings (SSSR count). The van der Waals surface area contributed by atoms with Gasteiger partial charge in [-0.05, 0) is 51.7 Å². The molecule has 1 aliphatic heterocycles. The number of ether oxygens (including phenoxy) is 1. The number of nitrogens with one attached hydrogen (secondary N) is 1. The highest BCUT2D eigenvalue weighted by atomic mass is 16.6. The van der Waals surface area contributed by atoms with Crippen LogP contribution in [0.2, 0.25) is 0 Å². The zero-order valence-corrected chi connectivity index (χ0v) is 14.2. The van der Waals surface area contributed by atoms with E-state index < -0.39 is 11.7 Å². The second-order valence-corrected chi connectivity index (χ2v) is 6.81. The van der Waals surface area contributed by atoms with E-state index in [-0.39, 0.29) is 5.91 Å². The van der Waals surface area contributed by atoms with Crippen molar-refractivity contribution >= 4 is 17.7 Å². The predicted molar refractivity (Wildman–Crippen MR) is 90.6 cm³/mol. The number of para-hydroxylation sites is 1. The third-order valence-corrected chi connectivity index (χ3v) is 3.65. The van der Waals surface area contributed by atoms with Crippen LogP contribution in [0.5, 0.6) is 0 Å². The number of nitrogens with zero attached hydrogens (tertiary/aromatic N) is 1. The zero-order valence-electron chi connectivity index (χ0n) is 14.2. The third kappa shape index (κ3) is 5.27. The maximum atomic E-state index is 12.4. The third-order valence-electron chi connectivity index (χ3n) is 3.65. The van der Waals surface area contributed by atoms with Gasteiger partial charge in [-0.3, -0.25) is 4.79 Å². The van der Waals surface area contributed by atoms with Gasteiger partial charge in [-0.15, -0.1) is 0 Å². The van der Waals surface area contributed by atoms with Crippen LogP contribution in [-0.4, -0.2) is 30.7 Å². The number of rotatable bonds is 4. The molecular weight excluding hydrogens is 292 g/mol. The molecule has 5 heteroatoms. The minimum Gasteiger partial charge on any atom is -0.444 e. The molecule has 1 aliphatic rings. The van der Waals surface area contributed by atoms with Crippen LogP contribution in [0.1, 0.15) is 45.6 Å². The minimum absolute atomic E-state index is 0.114. The van der Waals surface area contributed by atoms with Gasteiger partial charge in [0, 0.05) is 25.2 Å². The second-order valence-electron chi connectivity index (χ2n) is 6.81. The van der Waals surface area contributed by atoms with Gasteiger partial charge in [-0.2, -0.15) is 0 Å². The maximum absolute atomic E-state index is 12.4. The first kappa shape index (κ1) is 17.3.